The van der Waals surface area contributed by atoms with Gasteiger partial charge in [-0.15, -0.1) is 0 Å². The third kappa shape index (κ3) is 2.54. The van der Waals surface area contributed by atoms with Gasteiger partial charge in [0.2, 0.25) is 0 Å². The van der Waals surface area contributed by atoms with Gasteiger partial charge in [-0.3, -0.25) is 4.79 Å². The van der Waals surface area contributed by atoms with Gasteiger partial charge in [0.25, 0.3) is 5.91 Å². The summed E-state index contributed by atoms with van der Waals surface area (Å²) in [5.74, 6) is -1.27. The number of anilines is 1. The van der Waals surface area contributed by atoms with Crippen molar-refractivity contribution < 1.29 is 14.7 Å². The Morgan fingerprint density at radius 3 is 2.16 bits per heavy atom. The number of hydrogen-bond acceptors (Lipinski definition) is 3. The van der Waals surface area contributed by atoms with E-state index in [1.807, 2.05) is 31.1 Å². The van der Waals surface area contributed by atoms with Crippen molar-refractivity contribution in [2.75, 3.05) is 19.0 Å². The molecule has 1 aromatic carbocycles. The first kappa shape index (κ1) is 13.4. The zero-order chi connectivity index (χ0) is 14.0. The first-order valence-corrected chi connectivity index (χ1v) is 6.28. The van der Waals surface area contributed by atoms with Gasteiger partial charge in [-0.2, -0.15) is 0 Å². The number of aliphatic carboxylic acids is 1. The average molecular weight is 262 g/mol. The van der Waals surface area contributed by atoms with Crippen LogP contribution < -0.4 is 10.2 Å². The number of benzene rings is 1. The number of nitrogens with zero attached hydrogens (tertiary/aromatic N) is 1. The number of carboxylic acids is 1. The molecule has 102 valence electrons. The van der Waals surface area contributed by atoms with Crippen LogP contribution in [0.15, 0.2) is 24.3 Å². The van der Waals surface area contributed by atoms with E-state index in [1.165, 1.54) is 0 Å². The molecule has 1 amide bonds. The fourth-order valence-corrected chi connectivity index (χ4v) is 2.12. The average Bonchev–Trinajstić information content (AvgIpc) is 2.33. The summed E-state index contributed by atoms with van der Waals surface area (Å²) in [6.45, 7) is 0. The molecule has 0 radical (unpaired) electrons. The van der Waals surface area contributed by atoms with E-state index >= 15 is 0 Å². The van der Waals surface area contributed by atoms with Crippen LogP contribution in [0.3, 0.4) is 0 Å². The number of nitrogens with one attached hydrogen (secondary N) is 1. The maximum absolute atomic E-state index is 12.1. The van der Waals surface area contributed by atoms with E-state index in [2.05, 4.69) is 5.32 Å². The van der Waals surface area contributed by atoms with Crippen molar-refractivity contribution in [2.45, 2.75) is 24.8 Å². The van der Waals surface area contributed by atoms with Crippen LogP contribution >= 0.6 is 0 Å². The van der Waals surface area contributed by atoms with E-state index in [0.29, 0.717) is 18.4 Å². The number of carbonyl (C=O) groups is 2. The van der Waals surface area contributed by atoms with Crippen LogP contribution in [-0.2, 0) is 4.79 Å². The fourth-order valence-electron chi connectivity index (χ4n) is 2.12. The van der Waals surface area contributed by atoms with E-state index in [4.69, 9.17) is 0 Å². The summed E-state index contributed by atoms with van der Waals surface area (Å²) in [5.41, 5.74) is 0.420. The highest BCUT2D eigenvalue weighted by Crippen LogP contribution is 2.32. The second kappa shape index (κ2) is 4.91. The van der Waals surface area contributed by atoms with Crippen LogP contribution in [0.4, 0.5) is 5.69 Å². The molecule has 5 nitrogen and oxygen atoms in total. The van der Waals surface area contributed by atoms with Crippen molar-refractivity contribution in [1.82, 2.24) is 5.32 Å². The summed E-state index contributed by atoms with van der Waals surface area (Å²) < 4.78 is 0. The van der Waals surface area contributed by atoms with E-state index in [0.717, 1.165) is 12.1 Å². The molecule has 2 rings (SSSR count). The largest absolute Gasteiger partial charge is 0.480 e. The topological polar surface area (TPSA) is 69.6 Å². The van der Waals surface area contributed by atoms with Crippen molar-refractivity contribution in [3.8, 4) is 0 Å². The zero-order valence-corrected chi connectivity index (χ0v) is 11.1. The molecule has 1 saturated carbocycles. The van der Waals surface area contributed by atoms with Crippen molar-refractivity contribution in [3.05, 3.63) is 29.8 Å². The Bertz CT molecular complexity index is 490. The minimum atomic E-state index is -1.06. The van der Waals surface area contributed by atoms with E-state index in [9.17, 15) is 14.7 Å². The van der Waals surface area contributed by atoms with Crippen LogP contribution in [0.5, 0.6) is 0 Å². The van der Waals surface area contributed by atoms with Crippen molar-refractivity contribution in [1.29, 1.82) is 0 Å². The Balaban J connectivity index is 2.10. The highest BCUT2D eigenvalue weighted by Gasteiger charge is 2.45. The minimum absolute atomic E-state index is 0.326. The first-order valence-electron chi connectivity index (χ1n) is 6.28. The molecule has 0 bridgehead atoms. The number of rotatable bonds is 4. The molecular weight excluding hydrogens is 244 g/mol. The molecule has 0 spiro atoms. The molecule has 0 aromatic heterocycles. The quantitative estimate of drug-likeness (QED) is 0.862. The lowest BCUT2D eigenvalue weighted by molar-refractivity contribution is -0.148. The first-order chi connectivity index (χ1) is 8.94. The van der Waals surface area contributed by atoms with E-state index in [-0.39, 0.29) is 5.91 Å². The number of hydrogen-bond donors (Lipinski definition) is 2. The minimum Gasteiger partial charge on any atom is -0.480 e. The lowest BCUT2D eigenvalue weighted by Crippen LogP contribution is -2.59. The summed E-state index contributed by atoms with van der Waals surface area (Å²) in [4.78, 5) is 25.2. The lowest BCUT2D eigenvalue weighted by atomic mass is 9.76. The summed E-state index contributed by atoms with van der Waals surface area (Å²) in [5, 5.41) is 11.8. The molecule has 0 unspecified atom stereocenters. The van der Waals surface area contributed by atoms with Gasteiger partial charge in [0.1, 0.15) is 5.54 Å². The smallest absolute Gasteiger partial charge is 0.329 e. The maximum atomic E-state index is 12.1. The Morgan fingerprint density at radius 1 is 1.21 bits per heavy atom. The number of carbonyl (C=O) groups excluding carboxylic acids is 1. The van der Waals surface area contributed by atoms with Gasteiger partial charge in [0, 0.05) is 25.3 Å². The lowest BCUT2D eigenvalue weighted by Gasteiger charge is -2.38. The molecule has 1 aliphatic rings. The molecule has 1 aromatic rings. The van der Waals surface area contributed by atoms with Gasteiger partial charge in [0.15, 0.2) is 0 Å². The molecule has 1 aliphatic carbocycles. The number of amides is 1. The van der Waals surface area contributed by atoms with Crippen LogP contribution in [0.25, 0.3) is 0 Å². The van der Waals surface area contributed by atoms with Crippen LogP contribution in [0.1, 0.15) is 29.6 Å². The second-order valence-electron chi connectivity index (χ2n) is 5.14. The molecule has 0 saturated heterocycles. The van der Waals surface area contributed by atoms with Crippen molar-refractivity contribution in [2.24, 2.45) is 0 Å². The second-order valence-corrected chi connectivity index (χ2v) is 5.14. The van der Waals surface area contributed by atoms with Gasteiger partial charge in [-0.05, 0) is 43.5 Å². The van der Waals surface area contributed by atoms with Gasteiger partial charge in [0.05, 0.1) is 0 Å². The highest BCUT2D eigenvalue weighted by atomic mass is 16.4. The summed E-state index contributed by atoms with van der Waals surface area (Å²) in [6, 6.07) is 7.09. The van der Waals surface area contributed by atoms with Crippen LogP contribution in [-0.4, -0.2) is 36.6 Å². The summed E-state index contributed by atoms with van der Waals surface area (Å²) in [7, 11) is 3.84. The Morgan fingerprint density at radius 2 is 1.79 bits per heavy atom. The number of carboxylic acid groups (broad SMARTS) is 1. The van der Waals surface area contributed by atoms with Crippen LogP contribution in [0.2, 0.25) is 0 Å². The van der Waals surface area contributed by atoms with Gasteiger partial charge in [-0.25, -0.2) is 4.79 Å². The third-order valence-corrected chi connectivity index (χ3v) is 3.62. The molecule has 0 atom stereocenters. The summed E-state index contributed by atoms with van der Waals surface area (Å²) in [6.07, 6.45) is 1.85. The zero-order valence-electron chi connectivity index (χ0n) is 11.1. The molecule has 0 aliphatic heterocycles. The Kier molecular flexibility index (Phi) is 3.46. The summed E-state index contributed by atoms with van der Waals surface area (Å²) >= 11 is 0. The molecule has 1 fully saturated rings. The predicted molar refractivity (Wildman–Crippen MR) is 72.5 cm³/mol. The normalized spacial score (nSPS) is 16.3. The Labute approximate surface area is 112 Å². The molecule has 2 N–H and O–H groups in total. The fraction of sp³-hybridized carbons (Fsp3) is 0.429. The van der Waals surface area contributed by atoms with E-state index in [1.54, 1.807) is 12.1 Å². The predicted octanol–water partition coefficient (Wildman–Crippen LogP) is 1.49. The Hall–Kier alpha value is -2.04. The molecule has 5 heteroatoms. The molecule has 0 heterocycles. The highest BCUT2D eigenvalue weighted by molar-refractivity contribution is 5.98. The van der Waals surface area contributed by atoms with Crippen molar-refractivity contribution >= 4 is 17.6 Å². The van der Waals surface area contributed by atoms with E-state index < -0.39 is 11.5 Å². The van der Waals surface area contributed by atoms with Gasteiger partial charge < -0.3 is 15.3 Å². The van der Waals surface area contributed by atoms with Gasteiger partial charge in [-0.1, -0.05) is 0 Å². The molecule has 19 heavy (non-hydrogen) atoms. The third-order valence-electron chi connectivity index (χ3n) is 3.62. The standard InChI is InChI=1S/C14H18N2O3/c1-16(2)11-6-4-10(5-7-11)12(17)15-14(13(18)19)8-3-9-14/h4-7H,3,8-9H2,1-2H3,(H,15,17)(H,18,19). The SMILES string of the molecule is CN(C)c1ccc(C(=O)NC2(C(=O)O)CCC2)cc1. The maximum Gasteiger partial charge on any atom is 0.329 e. The van der Waals surface area contributed by atoms with Crippen LogP contribution in [0, 0.1) is 0 Å². The van der Waals surface area contributed by atoms with Crippen molar-refractivity contribution in [3.63, 3.8) is 0 Å². The monoisotopic (exact) mass is 262 g/mol. The van der Waals surface area contributed by atoms with Gasteiger partial charge >= 0.3 is 5.97 Å². The molecular formula is C14H18N2O3.